The number of ether oxygens (including phenoxy) is 3. The van der Waals surface area contributed by atoms with Gasteiger partial charge in [0.15, 0.2) is 16.6 Å². The predicted molar refractivity (Wildman–Crippen MR) is 211 cm³/mol. The molecule has 0 fully saturated rings. The number of rotatable bonds is 20. The molecule has 0 radical (unpaired) electrons. The lowest BCUT2D eigenvalue weighted by Crippen LogP contribution is -2.42. The quantitative estimate of drug-likeness (QED) is 0.0364. The summed E-state index contributed by atoms with van der Waals surface area (Å²) in [6, 6.07) is 11.5. The first kappa shape index (κ1) is 47.5. The van der Waals surface area contributed by atoms with Crippen LogP contribution in [0.4, 0.5) is 10.5 Å². The molecule has 0 spiro atoms. The number of esters is 2. The van der Waals surface area contributed by atoms with Crippen molar-refractivity contribution in [2.75, 3.05) is 58.6 Å². The minimum atomic E-state index is -1.66. The molecular formula is C38H59N4O8Si2+. The molecule has 14 heteroatoms. The van der Waals surface area contributed by atoms with E-state index >= 15 is 0 Å². The fourth-order valence-electron chi connectivity index (χ4n) is 3.94. The van der Waals surface area contributed by atoms with Crippen LogP contribution in [-0.2, 0) is 32.7 Å². The molecule has 12 nitrogen and oxygen atoms in total. The van der Waals surface area contributed by atoms with E-state index in [2.05, 4.69) is 71.6 Å². The molecule has 0 saturated carbocycles. The molecular weight excluding hydrogens is 697 g/mol. The van der Waals surface area contributed by atoms with Gasteiger partial charge < -0.3 is 33.7 Å². The van der Waals surface area contributed by atoms with Gasteiger partial charge in [-0.25, -0.2) is 14.4 Å². The Morgan fingerprint density at radius 3 is 1.96 bits per heavy atom. The van der Waals surface area contributed by atoms with Crippen LogP contribution in [0.1, 0.15) is 26.7 Å². The van der Waals surface area contributed by atoms with E-state index in [1.807, 2.05) is 55.7 Å². The second kappa shape index (κ2) is 27.2. The first-order valence-corrected chi connectivity index (χ1v) is 23.4. The van der Waals surface area contributed by atoms with Gasteiger partial charge in [0.25, 0.3) is 6.26 Å². The first-order valence-electron chi connectivity index (χ1n) is 17.2. The lowest BCUT2D eigenvalue weighted by atomic mass is 10.2. The molecule has 0 atom stereocenters. The number of carbonyl (C=O) groups excluding carboxylic acids is 3. The zero-order chi connectivity index (χ0) is 39.4. The maximum Gasteiger partial charge on any atom is 0.333 e. The molecule has 0 bridgehead atoms. The Labute approximate surface area is 313 Å². The number of hydrogen-bond acceptors (Lipinski definition) is 10. The van der Waals surface area contributed by atoms with Crippen molar-refractivity contribution in [1.82, 2.24) is 10.6 Å². The molecule has 0 aromatic heterocycles. The maximum absolute atomic E-state index is 12.6. The van der Waals surface area contributed by atoms with Crippen LogP contribution >= 0.6 is 0 Å². The molecule has 0 heterocycles. The van der Waals surface area contributed by atoms with E-state index in [-0.39, 0.29) is 32.4 Å². The number of amides is 2. The van der Waals surface area contributed by atoms with Crippen molar-refractivity contribution < 1.29 is 37.4 Å². The zero-order valence-electron chi connectivity index (χ0n) is 32.3. The molecule has 0 unspecified atom stereocenters. The minimum absolute atomic E-state index is 0.0826. The third-order valence-electron chi connectivity index (χ3n) is 7.36. The molecule has 2 amide bonds. The van der Waals surface area contributed by atoms with E-state index < -0.39 is 28.6 Å². The van der Waals surface area contributed by atoms with E-state index in [0.717, 1.165) is 30.4 Å². The van der Waals surface area contributed by atoms with Crippen LogP contribution in [0, 0.1) is 17.6 Å². The number of urea groups is 1. The summed E-state index contributed by atoms with van der Waals surface area (Å²) in [5.41, 5.74) is 2.66. The third-order valence-corrected chi connectivity index (χ3v) is 12.7. The summed E-state index contributed by atoms with van der Waals surface area (Å²) >= 11 is 0. The standard InChI is InChI=1S/C19H30N2O4Si.C12H20NOSi.C7H9NO3/c1-16(2)18(22)25-14-12-20-19(23)21(17-10-7-6-8-11-17)13-9-15-26(4,5)24-3;1-14-15(2,3)11-7-10-13-12-8-5-4-6-9-12;1-6(2)7(9)11-4-3-10-5-8/h6-8,10-11H,1,9,12-15H2,2-5H3,(H,20,23);4-5,8-9,13H,7,10-11H2,1-3H3;1,3-4H2,2H3/q;+1;. The smallest absolute Gasteiger partial charge is 0.333 e. The van der Waals surface area contributed by atoms with Crippen molar-refractivity contribution in [2.24, 2.45) is 0 Å². The molecule has 2 rings (SSSR count). The number of allylic oxidation sites excluding steroid dienone is 5. The van der Waals surface area contributed by atoms with Gasteiger partial charge in [-0.1, -0.05) is 31.4 Å². The first-order chi connectivity index (χ1) is 24.6. The van der Waals surface area contributed by atoms with Gasteiger partial charge in [0, 0.05) is 56.3 Å². The van der Waals surface area contributed by atoms with Crippen molar-refractivity contribution >= 4 is 40.3 Å². The van der Waals surface area contributed by atoms with Gasteiger partial charge >= 0.3 is 18.0 Å². The highest BCUT2D eigenvalue weighted by atomic mass is 28.4. The Kier molecular flexibility index (Phi) is 24.8. The van der Waals surface area contributed by atoms with Crippen LogP contribution in [0.3, 0.4) is 0 Å². The van der Waals surface area contributed by atoms with Gasteiger partial charge in [-0.15, -0.1) is 0 Å². The molecule has 2 N–H and O–H groups in total. The van der Waals surface area contributed by atoms with E-state index in [0.29, 0.717) is 17.7 Å². The average molecular weight is 756 g/mol. The number of anilines is 1. The normalized spacial score (nSPS) is 11.4. The summed E-state index contributed by atoms with van der Waals surface area (Å²) in [7, 11) is 0.554. The van der Waals surface area contributed by atoms with Crippen molar-refractivity contribution in [3.63, 3.8) is 0 Å². The Morgan fingerprint density at radius 1 is 0.865 bits per heavy atom. The van der Waals surface area contributed by atoms with Gasteiger partial charge in [-0.2, -0.15) is 5.26 Å². The number of para-hydroxylation sites is 1. The SMILES string of the molecule is C=C(C)C(=O)OCCNC(=O)N(CCC[Si](C)(C)OC)c1ccccc1.C=C(C)C(=O)OCCOC#N.CO[Si](C)(C)CCCNC1=CC=C[C+]=C1. The van der Waals surface area contributed by atoms with Crippen LogP contribution < -0.4 is 15.5 Å². The topological polar surface area (TPSA) is 148 Å². The Bertz CT molecular complexity index is 1390. The predicted octanol–water partition coefficient (Wildman–Crippen LogP) is 6.80. The summed E-state index contributed by atoms with van der Waals surface area (Å²) in [6.45, 7) is 21.0. The lowest BCUT2D eigenvalue weighted by molar-refractivity contribution is -0.140. The summed E-state index contributed by atoms with van der Waals surface area (Å²) in [5.74, 6) is -0.919. The number of benzene rings is 1. The van der Waals surface area contributed by atoms with Crippen LogP contribution in [0.5, 0.6) is 0 Å². The number of carbonyl (C=O) groups is 3. The third kappa shape index (κ3) is 23.8. The van der Waals surface area contributed by atoms with Gasteiger partial charge in [-0.05, 0) is 77.1 Å². The monoisotopic (exact) mass is 755 g/mol. The van der Waals surface area contributed by atoms with Gasteiger partial charge in [0.1, 0.15) is 37.7 Å². The van der Waals surface area contributed by atoms with Crippen molar-refractivity contribution in [2.45, 2.75) is 65.0 Å². The number of nitriles is 1. The van der Waals surface area contributed by atoms with Gasteiger partial charge in [-0.3, -0.25) is 4.90 Å². The lowest BCUT2D eigenvalue weighted by Gasteiger charge is -2.25. The average Bonchev–Trinajstić information content (AvgIpc) is 3.13. The molecule has 1 aromatic carbocycles. The number of nitrogens with one attached hydrogen (secondary N) is 2. The number of hydrogen-bond donors (Lipinski definition) is 2. The molecule has 286 valence electrons. The van der Waals surface area contributed by atoms with E-state index in [9.17, 15) is 14.4 Å². The molecule has 0 saturated heterocycles. The number of nitrogens with zero attached hydrogens (tertiary/aromatic N) is 2. The fourth-order valence-corrected chi connectivity index (χ4v) is 6.38. The highest BCUT2D eigenvalue weighted by molar-refractivity contribution is 6.71. The highest BCUT2D eigenvalue weighted by Crippen LogP contribution is 2.18. The Balaban J connectivity index is 0.000000841. The molecule has 52 heavy (non-hydrogen) atoms. The molecule has 1 aromatic rings. The second-order valence-electron chi connectivity index (χ2n) is 12.8. The van der Waals surface area contributed by atoms with E-state index in [1.54, 1.807) is 25.9 Å². The van der Waals surface area contributed by atoms with Crippen LogP contribution in [-0.4, -0.2) is 88.3 Å². The van der Waals surface area contributed by atoms with Crippen LogP contribution in [0.2, 0.25) is 38.3 Å². The van der Waals surface area contributed by atoms with Crippen molar-refractivity contribution in [1.29, 1.82) is 5.26 Å². The Hall–Kier alpha value is -4.52. The van der Waals surface area contributed by atoms with Gasteiger partial charge in [0.05, 0.1) is 12.6 Å². The molecule has 1 aliphatic rings. The van der Waals surface area contributed by atoms with Crippen LogP contribution in [0.15, 0.2) is 84.6 Å². The highest BCUT2D eigenvalue weighted by Gasteiger charge is 2.22. The molecule has 0 aliphatic heterocycles. The Morgan fingerprint density at radius 2 is 1.44 bits per heavy atom. The summed E-state index contributed by atoms with van der Waals surface area (Å²) in [6.07, 6.45) is 14.5. The van der Waals surface area contributed by atoms with E-state index in [4.69, 9.17) is 18.9 Å². The second-order valence-corrected chi connectivity index (χ2v) is 21.7. The van der Waals surface area contributed by atoms with Crippen molar-refractivity contribution in [3.8, 4) is 6.26 Å². The largest absolute Gasteiger partial charge is 0.460 e. The summed E-state index contributed by atoms with van der Waals surface area (Å²) < 4.78 is 24.9. The fraction of sp³-hybridized carbons (Fsp3) is 0.474. The summed E-state index contributed by atoms with van der Waals surface area (Å²) in [5, 5.41) is 14.1. The maximum atomic E-state index is 12.6. The van der Waals surface area contributed by atoms with Gasteiger partial charge in [0.2, 0.25) is 0 Å². The zero-order valence-corrected chi connectivity index (χ0v) is 34.3. The van der Waals surface area contributed by atoms with E-state index in [1.165, 1.54) is 18.7 Å². The summed E-state index contributed by atoms with van der Waals surface area (Å²) in [4.78, 5) is 36.3. The van der Waals surface area contributed by atoms with Crippen LogP contribution in [0.25, 0.3) is 0 Å². The molecule has 1 aliphatic carbocycles. The minimum Gasteiger partial charge on any atom is -0.460 e. The van der Waals surface area contributed by atoms with Crippen molar-refractivity contribution in [3.05, 3.63) is 90.7 Å².